The minimum absolute atomic E-state index is 0.140. The number of methoxy groups -OCH3 is 1. The second-order valence-electron chi connectivity index (χ2n) is 2.81. The van der Waals surface area contributed by atoms with Crippen LogP contribution in [0.1, 0.15) is 22.8 Å². The van der Waals surface area contributed by atoms with Crippen LogP contribution < -0.4 is 4.74 Å². The zero-order chi connectivity index (χ0) is 10.0. The largest absolute Gasteiger partial charge is 0.494 e. The Morgan fingerprint density at radius 3 is 2.54 bits per heavy atom. The van der Waals surface area contributed by atoms with E-state index in [0.717, 1.165) is 0 Å². The average molecular weight is 182 g/mol. The summed E-state index contributed by atoms with van der Waals surface area (Å²) in [5.74, 6) is -0.434. The molecule has 0 fully saturated rings. The van der Waals surface area contributed by atoms with Crippen LogP contribution in [0.25, 0.3) is 0 Å². The van der Waals surface area contributed by atoms with Gasteiger partial charge in [-0.15, -0.1) is 0 Å². The lowest BCUT2D eigenvalue weighted by molar-refractivity contribution is 0.101. The molecular formula is C10H11FO2. The monoisotopic (exact) mass is 182 g/mol. The van der Waals surface area contributed by atoms with Crippen molar-refractivity contribution in [2.45, 2.75) is 13.8 Å². The van der Waals surface area contributed by atoms with Gasteiger partial charge in [-0.25, -0.2) is 4.39 Å². The predicted molar refractivity (Wildman–Crippen MR) is 47.7 cm³/mol. The third kappa shape index (κ3) is 1.69. The summed E-state index contributed by atoms with van der Waals surface area (Å²) in [6.45, 7) is 2.98. The Hall–Kier alpha value is -1.38. The van der Waals surface area contributed by atoms with Crippen LogP contribution in [0.3, 0.4) is 0 Å². The molecule has 3 heteroatoms. The molecule has 1 aromatic carbocycles. The highest BCUT2D eigenvalue weighted by Crippen LogP contribution is 2.22. The van der Waals surface area contributed by atoms with Crippen molar-refractivity contribution in [2.75, 3.05) is 7.11 Å². The molecule has 0 atom stereocenters. The number of carbonyl (C=O) groups excluding carboxylic acids is 1. The van der Waals surface area contributed by atoms with E-state index in [-0.39, 0.29) is 11.5 Å². The molecule has 70 valence electrons. The van der Waals surface area contributed by atoms with Crippen LogP contribution in [-0.2, 0) is 0 Å². The molecule has 1 rings (SSSR count). The smallest absolute Gasteiger partial charge is 0.168 e. The number of hydrogen-bond acceptors (Lipinski definition) is 2. The number of hydrogen-bond donors (Lipinski definition) is 0. The highest BCUT2D eigenvalue weighted by molar-refractivity contribution is 5.95. The molecule has 0 amide bonds. The highest BCUT2D eigenvalue weighted by Gasteiger charge is 2.12. The van der Waals surface area contributed by atoms with Crippen molar-refractivity contribution in [2.24, 2.45) is 0 Å². The van der Waals surface area contributed by atoms with Gasteiger partial charge in [-0.3, -0.25) is 4.79 Å². The van der Waals surface area contributed by atoms with Gasteiger partial charge in [0.05, 0.1) is 7.11 Å². The first-order valence-corrected chi connectivity index (χ1v) is 3.92. The molecule has 0 heterocycles. The fourth-order valence-electron chi connectivity index (χ4n) is 1.20. The van der Waals surface area contributed by atoms with Gasteiger partial charge >= 0.3 is 0 Å². The highest BCUT2D eigenvalue weighted by atomic mass is 19.1. The van der Waals surface area contributed by atoms with Gasteiger partial charge in [0.15, 0.2) is 17.3 Å². The number of benzene rings is 1. The number of carbonyl (C=O) groups is 1. The first-order chi connectivity index (χ1) is 6.07. The Balaban J connectivity index is 3.31. The maximum atomic E-state index is 13.3. The molecule has 1 aromatic rings. The van der Waals surface area contributed by atoms with Crippen LogP contribution in [0.2, 0.25) is 0 Å². The van der Waals surface area contributed by atoms with Crippen molar-refractivity contribution in [1.29, 1.82) is 0 Å². The van der Waals surface area contributed by atoms with E-state index in [1.165, 1.54) is 20.1 Å². The van der Waals surface area contributed by atoms with Crippen molar-refractivity contribution >= 4 is 5.78 Å². The molecule has 0 bridgehead atoms. The number of halogens is 1. The van der Waals surface area contributed by atoms with E-state index in [4.69, 9.17) is 4.74 Å². The van der Waals surface area contributed by atoms with Crippen LogP contribution in [0.4, 0.5) is 4.39 Å². The van der Waals surface area contributed by atoms with E-state index in [2.05, 4.69) is 0 Å². The van der Waals surface area contributed by atoms with E-state index in [1.54, 1.807) is 13.0 Å². The molecule has 0 spiro atoms. The molecule has 0 saturated carbocycles. The summed E-state index contributed by atoms with van der Waals surface area (Å²) < 4.78 is 18.1. The zero-order valence-corrected chi connectivity index (χ0v) is 7.85. The lowest BCUT2D eigenvalue weighted by atomic mass is 10.0. The topological polar surface area (TPSA) is 26.3 Å². The summed E-state index contributed by atoms with van der Waals surface area (Å²) in [6, 6.07) is 3.03. The summed E-state index contributed by atoms with van der Waals surface area (Å²) in [5.41, 5.74) is 0.741. The Kier molecular flexibility index (Phi) is 2.66. The number of rotatable bonds is 2. The zero-order valence-electron chi connectivity index (χ0n) is 7.85. The molecule has 0 aliphatic carbocycles. The van der Waals surface area contributed by atoms with Gasteiger partial charge in [0.25, 0.3) is 0 Å². The molecule has 0 saturated heterocycles. The molecule has 0 radical (unpaired) electrons. The maximum Gasteiger partial charge on any atom is 0.168 e. The van der Waals surface area contributed by atoms with Gasteiger partial charge < -0.3 is 4.74 Å². The summed E-state index contributed by atoms with van der Waals surface area (Å²) in [5, 5.41) is 0. The molecular weight excluding hydrogens is 171 g/mol. The van der Waals surface area contributed by atoms with Crippen molar-refractivity contribution in [3.63, 3.8) is 0 Å². The van der Waals surface area contributed by atoms with Crippen LogP contribution in [0.15, 0.2) is 12.1 Å². The van der Waals surface area contributed by atoms with Gasteiger partial charge in [-0.1, -0.05) is 0 Å². The van der Waals surface area contributed by atoms with Gasteiger partial charge in [0.2, 0.25) is 0 Å². The van der Waals surface area contributed by atoms with Crippen LogP contribution in [0.5, 0.6) is 5.75 Å². The lowest BCUT2D eigenvalue weighted by Gasteiger charge is -2.07. The maximum absolute atomic E-state index is 13.3. The summed E-state index contributed by atoms with van der Waals surface area (Å²) >= 11 is 0. The SMILES string of the molecule is COc1ccc(C(C)=O)c(C)c1F. The first-order valence-electron chi connectivity index (χ1n) is 3.92. The molecule has 0 aliphatic heterocycles. The standard InChI is InChI=1S/C10H11FO2/c1-6-8(7(2)12)4-5-9(13-3)10(6)11/h4-5H,1-3H3. The molecule has 2 nitrogen and oxygen atoms in total. The van der Waals surface area contributed by atoms with Crippen molar-refractivity contribution in [1.82, 2.24) is 0 Å². The van der Waals surface area contributed by atoms with Crippen molar-refractivity contribution in [3.05, 3.63) is 29.1 Å². The Morgan fingerprint density at radius 2 is 2.08 bits per heavy atom. The van der Waals surface area contributed by atoms with Crippen LogP contribution >= 0.6 is 0 Å². The van der Waals surface area contributed by atoms with Gasteiger partial charge in [0.1, 0.15) is 0 Å². The average Bonchev–Trinajstić information content (AvgIpc) is 2.09. The fraction of sp³-hybridized carbons (Fsp3) is 0.300. The van der Waals surface area contributed by atoms with Crippen LogP contribution in [0, 0.1) is 12.7 Å². The number of ether oxygens (including phenoxy) is 1. The van der Waals surface area contributed by atoms with E-state index in [9.17, 15) is 9.18 Å². The molecule has 0 aliphatic rings. The summed E-state index contributed by atoms with van der Waals surface area (Å²) in [6.07, 6.45) is 0. The Morgan fingerprint density at radius 1 is 1.46 bits per heavy atom. The minimum Gasteiger partial charge on any atom is -0.494 e. The van der Waals surface area contributed by atoms with Crippen molar-refractivity contribution < 1.29 is 13.9 Å². The van der Waals surface area contributed by atoms with Crippen molar-refractivity contribution in [3.8, 4) is 5.75 Å². The third-order valence-electron chi connectivity index (χ3n) is 1.95. The molecule has 0 unspecified atom stereocenters. The second-order valence-corrected chi connectivity index (χ2v) is 2.81. The number of ketones is 1. The van der Waals surface area contributed by atoms with E-state index in [0.29, 0.717) is 11.1 Å². The summed E-state index contributed by atoms with van der Waals surface area (Å²) in [4.78, 5) is 11.0. The summed E-state index contributed by atoms with van der Waals surface area (Å²) in [7, 11) is 1.39. The first kappa shape index (κ1) is 9.71. The second kappa shape index (κ2) is 3.56. The normalized spacial score (nSPS) is 9.85. The molecule has 13 heavy (non-hydrogen) atoms. The van der Waals surface area contributed by atoms with E-state index in [1.807, 2.05) is 0 Å². The van der Waals surface area contributed by atoms with E-state index >= 15 is 0 Å². The minimum atomic E-state index is -0.463. The van der Waals surface area contributed by atoms with Crippen LogP contribution in [-0.4, -0.2) is 12.9 Å². The predicted octanol–water partition coefficient (Wildman–Crippen LogP) is 2.35. The van der Waals surface area contributed by atoms with Gasteiger partial charge in [-0.05, 0) is 31.5 Å². The van der Waals surface area contributed by atoms with E-state index < -0.39 is 5.82 Å². The number of Topliss-reactive ketones (excluding diaryl/α,β-unsaturated/α-hetero) is 1. The Bertz CT molecular complexity index is 345. The Labute approximate surface area is 76.3 Å². The molecule has 0 aromatic heterocycles. The third-order valence-corrected chi connectivity index (χ3v) is 1.95. The van der Waals surface area contributed by atoms with Gasteiger partial charge in [-0.2, -0.15) is 0 Å². The fourth-order valence-corrected chi connectivity index (χ4v) is 1.20. The van der Waals surface area contributed by atoms with Gasteiger partial charge in [0, 0.05) is 5.56 Å². The lowest BCUT2D eigenvalue weighted by Crippen LogP contribution is -2.00. The quantitative estimate of drug-likeness (QED) is 0.656. The molecule has 0 N–H and O–H groups in total.